The van der Waals surface area contributed by atoms with Crippen molar-refractivity contribution in [2.45, 2.75) is 23.7 Å². The summed E-state index contributed by atoms with van der Waals surface area (Å²) in [7, 11) is -2.71. The van der Waals surface area contributed by atoms with Crippen molar-refractivity contribution in [1.29, 1.82) is 0 Å². The molecule has 14 heteroatoms. The number of thioether (sulfide) groups is 1. The molecule has 0 aliphatic carbocycles. The van der Waals surface area contributed by atoms with Gasteiger partial charge in [-0.05, 0) is 18.7 Å². The van der Waals surface area contributed by atoms with E-state index >= 15 is 0 Å². The Bertz CT molecular complexity index is 1010. The van der Waals surface area contributed by atoms with Gasteiger partial charge in [0.1, 0.15) is 17.5 Å². The van der Waals surface area contributed by atoms with Crippen molar-refractivity contribution in [2.75, 3.05) is 29.2 Å². The van der Waals surface area contributed by atoms with E-state index in [9.17, 15) is 23.3 Å². The summed E-state index contributed by atoms with van der Waals surface area (Å²) in [6.45, 7) is 1.62. The Labute approximate surface area is 175 Å². The van der Waals surface area contributed by atoms with Crippen molar-refractivity contribution in [3.8, 4) is 5.75 Å². The Morgan fingerprint density at radius 3 is 2.62 bits per heavy atom. The molecule has 0 spiro atoms. The van der Waals surface area contributed by atoms with Crippen molar-refractivity contribution < 1.29 is 22.9 Å². The summed E-state index contributed by atoms with van der Waals surface area (Å²) >= 11 is 2.50. The average Bonchev–Trinajstić information content (AvgIpc) is 3.11. The summed E-state index contributed by atoms with van der Waals surface area (Å²) in [5.74, 6) is -0.567. The van der Waals surface area contributed by atoms with Crippen LogP contribution in [0.1, 0.15) is 13.3 Å². The number of hydrogen-bond donors (Lipinski definition) is 1. The zero-order chi connectivity index (χ0) is 21.8. The van der Waals surface area contributed by atoms with E-state index in [-0.39, 0.29) is 28.7 Å². The molecule has 0 fully saturated rings. The van der Waals surface area contributed by atoms with Crippen molar-refractivity contribution in [3.63, 3.8) is 0 Å². The van der Waals surface area contributed by atoms with Gasteiger partial charge in [-0.15, -0.1) is 10.2 Å². The number of nitro benzene ring substituents is 1. The lowest BCUT2D eigenvalue weighted by Crippen LogP contribution is -2.47. The first-order valence-corrected chi connectivity index (χ1v) is 12.0. The summed E-state index contributed by atoms with van der Waals surface area (Å²) in [5.41, 5.74) is -0.438. The third kappa shape index (κ3) is 5.33. The Kier molecular flexibility index (Phi) is 7.37. The standard InChI is InChI=1S/C15H19N5O6S3/c1-5-10(13(21)16-14-17-18-15(27-3)28-14)19(29(4,24)25)11-8-9(20(22)23)6-7-12(11)26-2/h6-8,10H,5H2,1-4H3,(H,16,17,21)/t10-/m0/s1. The first-order valence-electron chi connectivity index (χ1n) is 8.12. The normalized spacial score (nSPS) is 12.3. The summed E-state index contributed by atoms with van der Waals surface area (Å²) in [5, 5.41) is 21.7. The molecule has 0 aliphatic rings. The van der Waals surface area contributed by atoms with Crippen LogP contribution in [-0.4, -0.2) is 55.1 Å². The molecule has 11 nitrogen and oxygen atoms in total. The fraction of sp³-hybridized carbons (Fsp3) is 0.400. The number of sulfonamides is 1. The van der Waals surface area contributed by atoms with Gasteiger partial charge in [0, 0.05) is 12.1 Å². The first kappa shape index (κ1) is 22.8. The summed E-state index contributed by atoms with van der Waals surface area (Å²) < 4.78 is 31.8. The average molecular weight is 462 g/mol. The second-order valence-corrected chi connectivity index (χ2v) is 9.55. The molecule has 1 heterocycles. The maximum Gasteiger partial charge on any atom is 0.271 e. The van der Waals surface area contributed by atoms with Crippen molar-refractivity contribution in [1.82, 2.24) is 10.2 Å². The maximum absolute atomic E-state index is 12.9. The lowest BCUT2D eigenvalue weighted by atomic mass is 10.1. The van der Waals surface area contributed by atoms with Crippen LogP contribution >= 0.6 is 23.1 Å². The van der Waals surface area contributed by atoms with E-state index in [1.807, 2.05) is 0 Å². The third-order valence-electron chi connectivity index (χ3n) is 3.75. The highest BCUT2D eigenvalue weighted by Gasteiger charge is 2.34. The van der Waals surface area contributed by atoms with Gasteiger partial charge in [0.05, 0.1) is 18.3 Å². The van der Waals surface area contributed by atoms with E-state index in [0.717, 1.165) is 28.0 Å². The number of ether oxygens (including phenoxy) is 1. The molecule has 1 aromatic heterocycles. The molecule has 1 atom stereocenters. The zero-order valence-corrected chi connectivity index (χ0v) is 18.4. The van der Waals surface area contributed by atoms with Gasteiger partial charge >= 0.3 is 0 Å². The zero-order valence-electron chi connectivity index (χ0n) is 16.0. The van der Waals surface area contributed by atoms with Gasteiger partial charge in [-0.1, -0.05) is 30.0 Å². The van der Waals surface area contributed by atoms with E-state index in [1.54, 1.807) is 13.2 Å². The molecule has 0 aliphatic heterocycles. The van der Waals surface area contributed by atoms with Gasteiger partial charge in [-0.2, -0.15) is 0 Å². The molecule has 0 radical (unpaired) electrons. The van der Waals surface area contributed by atoms with E-state index in [0.29, 0.717) is 4.34 Å². The third-order valence-corrected chi connectivity index (χ3v) is 6.73. The number of amides is 1. The van der Waals surface area contributed by atoms with Crippen LogP contribution in [0.15, 0.2) is 22.5 Å². The van der Waals surface area contributed by atoms with Gasteiger partial charge in [-0.25, -0.2) is 8.42 Å². The van der Waals surface area contributed by atoms with Gasteiger partial charge in [0.2, 0.25) is 21.1 Å². The Morgan fingerprint density at radius 1 is 1.45 bits per heavy atom. The number of hydrogen-bond acceptors (Lipinski definition) is 10. The number of methoxy groups -OCH3 is 1. The number of nitro groups is 1. The minimum absolute atomic E-state index is 0.0767. The number of benzene rings is 1. The number of carbonyl (C=O) groups excluding carboxylic acids is 1. The fourth-order valence-electron chi connectivity index (χ4n) is 2.53. The molecule has 0 saturated carbocycles. The molecule has 1 N–H and O–H groups in total. The van der Waals surface area contributed by atoms with E-state index in [2.05, 4.69) is 15.5 Å². The van der Waals surface area contributed by atoms with Gasteiger partial charge in [0.15, 0.2) is 4.34 Å². The predicted octanol–water partition coefficient (Wildman–Crippen LogP) is 2.36. The number of carbonyl (C=O) groups is 1. The van der Waals surface area contributed by atoms with Crippen LogP contribution in [0, 0.1) is 10.1 Å². The lowest BCUT2D eigenvalue weighted by Gasteiger charge is -2.30. The summed E-state index contributed by atoms with van der Waals surface area (Å²) in [6, 6.07) is 2.34. The van der Waals surface area contributed by atoms with Crippen LogP contribution in [0.2, 0.25) is 0 Å². The maximum atomic E-state index is 12.9. The predicted molar refractivity (Wildman–Crippen MR) is 111 cm³/mol. The molecule has 1 amide bonds. The number of non-ortho nitro benzene ring substituents is 1. The van der Waals surface area contributed by atoms with Gasteiger partial charge in [0.25, 0.3) is 5.69 Å². The molecule has 158 valence electrons. The second kappa shape index (κ2) is 9.37. The van der Waals surface area contributed by atoms with Crippen LogP contribution in [0.3, 0.4) is 0 Å². The van der Waals surface area contributed by atoms with Crippen LogP contribution in [-0.2, 0) is 14.8 Å². The largest absolute Gasteiger partial charge is 0.495 e. The highest BCUT2D eigenvalue weighted by molar-refractivity contribution is 8.00. The summed E-state index contributed by atoms with van der Waals surface area (Å²) in [6.07, 6.45) is 2.82. The van der Waals surface area contributed by atoms with Crippen molar-refractivity contribution >= 4 is 55.5 Å². The van der Waals surface area contributed by atoms with Gasteiger partial charge in [-0.3, -0.25) is 24.5 Å². The van der Waals surface area contributed by atoms with Crippen LogP contribution < -0.4 is 14.4 Å². The van der Waals surface area contributed by atoms with Crippen LogP contribution in [0.4, 0.5) is 16.5 Å². The second-order valence-electron chi connectivity index (χ2n) is 5.66. The van der Waals surface area contributed by atoms with E-state index in [1.165, 1.54) is 31.0 Å². The van der Waals surface area contributed by atoms with Gasteiger partial charge < -0.3 is 4.74 Å². The molecular weight excluding hydrogens is 442 g/mol. The number of anilines is 2. The minimum Gasteiger partial charge on any atom is -0.495 e. The molecule has 0 saturated heterocycles. The van der Waals surface area contributed by atoms with Crippen molar-refractivity contribution in [2.24, 2.45) is 0 Å². The monoisotopic (exact) mass is 461 g/mol. The number of nitrogens with zero attached hydrogens (tertiary/aromatic N) is 4. The highest BCUT2D eigenvalue weighted by atomic mass is 32.2. The molecule has 2 aromatic rings. The highest BCUT2D eigenvalue weighted by Crippen LogP contribution is 2.36. The minimum atomic E-state index is -4.01. The molecule has 1 aromatic carbocycles. The molecule has 2 rings (SSSR count). The quantitative estimate of drug-likeness (QED) is 0.257. The topological polar surface area (TPSA) is 145 Å². The number of rotatable bonds is 9. The molecule has 0 unspecified atom stereocenters. The number of nitrogens with one attached hydrogen (secondary N) is 1. The molecular formula is C15H19N5O6S3. The van der Waals surface area contributed by atoms with E-state index < -0.39 is 26.9 Å². The Hall–Kier alpha value is -2.45. The lowest BCUT2D eigenvalue weighted by molar-refractivity contribution is -0.384. The van der Waals surface area contributed by atoms with Crippen LogP contribution in [0.5, 0.6) is 5.75 Å². The molecule has 0 bridgehead atoms. The number of aromatic nitrogens is 2. The SMILES string of the molecule is CC[C@@H](C(=O)Nc1nnc(SC)s1)N(c1cc([N+](=O)[O-])ccc1OC)S(C)(=O)=O. The Morgan fingerprint density at radius 2 is 2.14 bits per heavy atom. The Balaban J connectivity index is 2.51. The fourth-order valence-corrected chi connectivity index (χ4v) is 4.91. The summed E-state index contributed by atoms with van der Waals surface area (Å²) in [4.78, 5) is 23.4. The molecule has 29 heavy (non-hydrogen) atoms. The van der Waals surface area contributed by atoms with Crippen molar-refractivity contribution in [3.05, 3.63) is 28.3 Å². The smallest absolute Gasteiger partial charge is 0.271 e. The van der Waals surface area contributed by atoms with E-state index in [4.69, 9.17) is 4.74 Å². The van der Waals surface area contributed by atoms with Crippen LogP contribution in [0.25, 0.3) is 0 Å². The first-order chi connectivity index (χ1) is 13.6.